The van der Waals surface area contributed by atoms with E-state index in [0.29, 0.717) is 19.4 Å². The summed E-state index contributed by atoms with van der Waals surface area (Å²) in [5.74, 6) is -0.529. The number of amides is 1. The summed E-state index contributed by atoms with van der Waals surface area (Å²) in [4.78, 5) is 23.1. The van der Waals surface area contributed by atoms with Crippen molar-refractivity contribution in [1.29, 1.82) is 0 Å². The molecule has 6 heteroatoms. The van der Waals surface area contributed by atoms with Gasteiger partial charge in [0.25, 0.3) is 5.91 Å². The van der Waals surface area contributed by atoms with E-state index in [4.69, 9.17) is 0 Å². The number of benzene rings is 1. The van der Waals surface area contributed by atoms with Crippen LogP contribution in [0.25, 0.3) is 5.57 Å². The summed E-state index contributed by atoms with van der Waals surface area (Å²) in [5.41, 5.74) is 4.11. The Hall–Kier alpha value is -3.51. The maximum absolute atomic E-state index is 12.4. The van der Waals surface area contributed by atoms with Crippen LogP contribution >= 0.6 is 11.8 Å². The van der Waals surface area contributed by atoms with Crippen LogP contribution in [0.5, 0.6) is 0 Å². The number of rotatable bonds is 11. The lowest BCUT2D eigenvalue weighted by Crippen LogP contribution is -2.29. The maximum atomic E-state index is 12.4. The average Bonchev–Trinajstić information content (AvgIpc) is 2.85. The van der Waals surface area contributed by atoms with Gasteiger partial charge < -0.3 is 5.32 Å². The first-order valence-corrected chi connectivity index (χ1v) is 11.9. The molecule has 1 heterocycles. The molecule has 1 N–H and O–H groups in total. The molecule has 4 nitrogen and oxygen atoms in total. The maximum Gasteiger partial charge on any atom is 0.270 e. The minimum absolute atomic E-state index is 0.264. The van der Waals surface area contributed by atoms with E-state index < -0.39 is 0 Å². The molecule has 0 saturated carbocycles. The topological polar surface area (TPSA) is 54.4 Å². The summed E-state index contributed by atoms with van der Waals surface area (Å²) < 4.78 is 11.6. The number of aromatic nitrogens is 1. The normalized spacial score (nSPS) is 11.4. The standard InChI is InChI=1S/C23H25N3OS.C6H9F/c1-6-21(23(27)25-15-19-10-9-13-24-14-19)26-17(4)18(5)28-22-12-8-7-11-20(22)16(2)3;1-3-4-5-6(2)7/h6-14H,1-2,15H2,3-5H3,(H,25,27);3H,1-2,4-5H2/b18-17+,26-21?;. The van der Waals surface area contributed by atoms with Gasteiger partial charge >= 0.3 is 0 Å². The van der Waals surface area contributed by atoms with E-state index in [0.717, 1.165) is 32.2 Å². The highest BCUT2D eigenvalue weighted by Crippen LogP contribution is 2.34. The highest BCUT2D eigenvalue weighted by Gasteiger charge is 2.10. The van der Waals surface area contributed by atoms with Crippen LogP contribution in [-0.2, 0) is 11.3 Å². The summed E-state index contributed by atoms with van der Waals surface area (Å²) in [6.07, 6.45) is 7.67. The van der Waals surface area contributed by atoms with Crippen molar-refractivity contribution in [2.75, 3.05) is 0 Å². The number of aliphatic imine (C=N–C) groups is 1. The van der Waals surface area contributed by atoms with Crippen LogP contribution in [0.1, 0.15) is 44.7 Å². The minimum Gasteiger partial charge on any atom is -0.347 e. The number of nitrogens with zero attached hydrogens (tertiary/aromatic N) is 2. The van der Waals surface area contributed by atoms with E-state index in [1.165, 1.54) is 6.08 Å². The van der Waals surface area contributed by atoms with E-state index in [1.54, 1.807) is 30.2 Å². The van der Waals surface area contributed by atoms with Crippen LogP contribution in [0.3, 0.4) is 0 Å². The molecule has 0 radical (unpaired) electrons. The monoisotopic (exact) mass is 491 g/mol. The molecule has 0 bridgehead atoms. The van der Waals surface area contributed by atoms with Crippen molar-refractivity contribution in [2.24, 2.45) is 4.99 Å². The Morgan fingerprint density at radius 3 is 2.40 bits per heavy atom. The SMILES string of the molecule is C=CC(=N/C(C)=C(\C)Sc1ccccc1C(=C)C)C(=O)NCc1cccnc1.C=CCCC(=C)F. The van der Waals surface area contributed by atoms with Gasteiger partial charge in [0.05, 0.1) is 5.83 Å². The number of carbonyl (C=O) groups is 1. The molecule has 2 rings (SSSR count). The first kappa shape index (κ1) is 29.5. The fourth-order valence-electron chi connectivity index (χ4n) is 2.63. The van der Waals surface area contributed by atoms with E-state index in [1.807, 2.05) is 45.0 Å². The van der Waals surface area contributed by atoms with Gasteiger partial charge in [0.15, 0.2) is 0 Å². The molecule has 0 aliphatic rings. The van der Waals surface area contributed by atoms with Crippen LogP contribution in [0.15, 0.2) is 114 Å². The van der Waals surface area contributed by atoms with Gasteiger partial charge in [-0.1, -0.05) is 61.8 Å². The van der Waals surface area contributed by atoms with Crippen LogP contribution < -0.4 is 5.32 Å². The molecule has 2 aromatic rings. The van der Waals surface area contributed by atoms with Crippen LogP contribution in [0.2, 0.25) is 0 Å². The highest BCUT2D eigenvalue weighted by molar-refractivity contribution is 8.03. The summed E-state index contributed by atoms with van der Waals surface area (Å²) >= 11 is 1.62. The Morgan fingerprint density at radius 1 is 1.14 bits per heavy atom. The molecule has 0 saturated heterocycles. The molecule has 0 aliphatic carbocycles. The molecule has 0 aliphatic heterocycles. The zero-order chi connectivity index (χ0) is 26.2. The number of carbonyl (C=O) groups excluding carboxylic acids is 1. The largest absolute Gasteiger partial charge is 0.347 e. The molecule has 0 fully saturated rings. The van der Waals surface area contributed by atoms with Crippen LogP contribution in [-0.4, -0.2) is 16.6 Å². The predicted molar refractivity (Wildman–Crippen MR) is 149 cm³/mol. The number of pyridine rings is 1. The third kappa shape index (κ3) is 11.5. The lowest BCUT2D eigenvalue weighted by molar-refractivity contribution is -0.114. The highest BCUT2D eigenvalue weighted by atomic mass is 32.2. The molecule has 0 spiro atoms. The minimum atomic E-state index is -0.265. The molecule has 0 atom stereocenters. The van der Waals surface area contributed by atoms with Crippen molar-refractivity contribution in [2.45, 2.75) is 45.1 Å². The first-order valence-electron chi connectivity index (χ1n) is 11.1. The summed E-state index contributed by atoms with van der Waals surface area (Å²) in [5, 5.41) is 2.85. The van der Waals surface area contributed by atoms with Crippen molar-refractivity contribution in [3.8, 4) is 0 Å². The van der Waals surface area contributed by atoms with Gasteiger partial charge in [-0.15, -0.1) is 6.58 Å². The van der Waals surface area contributed by atoms with Gasteiger partial charge in [0.1, 0.15) is 5.71 Å². The van der Waals surface area contributed by atoms with Crippen molar-refractivity contribution < 1.29 is 9.18 Å². The molecule has 184 valence electrons. The quantitative estimate of drug-likeness (QED) is 0.198. The van der Waals surface area contributed by atoms with Gasteiger partial charge in [-0.25, -0.2) is 9.38 Å². The van der Waals surface area contributed by atoms with Gasteiger partial charge in [0.2, 0.25) is 0 Å². The molecule has 0 unspecified atom stereocenters. The number of nitrogens with one attached hydrogen (secondary N) is 1. The van der Waals surface area contributed by atoms with Gasteiger partial charge in [0, 0.05) is 40.9 Å². The Balaban J connectivity index is 0.000000762. The number of thioether (sulfide) groups is 1. The molecule has 1 amide bonds. The molecule has 1 aromatic heterocycles. The number of hydrogen-bond acceptors (Lipinski definition) is 4. The van der Waals surface area contributed by atoms with E-state index in [9.17, 15) is 9.18 Å². The summed E-state index contributed by atoms with van der Waals surface area (Å²) in [6.45, 7) is 20.5. The number of hydrogen-bond donors (Lipinski definition) is 1. The van der Waals surface area contributed by atoms with Crippen molar-refractivity contribution in [3.63, 3.8) is 0 Å². The van der Waals surface area contributed by atoms with Gasteiger partial charge in [-0.05, 0) is 62.1 Å². The lowest BCUT2D eigenvalue weighted by atomic mass is 10.1. The average molecular weight is 492 g/mol. The van der Waals surface area contributed by atoms with E-state index >= 15 is 0 Å². The smallest absolute Gasteiger partial charge is 0.270 e. The van der Waals surface area contributed by atoms with Gasteiger partial charge in [-0.3, -0.25) is 9.78 Å². The summed E-state index contributed by atoms with van der Waals surface area (Å²) in [7, 11) is 0. The lowest BCUT2D eigenvalue weighted by Gasteiger charge is -2.10. The summed E-state index contributed by atoms with van der Waals surface area (Å²) in [6, 6.07) is 11.9. The van der Waals surface area contributed by atoms with Crippen LogP contribution in [0.4, 0.5) is 4.39 Å². The molecule has 35 heavy (non-hydrogen) atoms. The zero-order valence-electron chi connectivity index (χ0n) is 20.8. The second kappa shape index (κ2) is 16.2. The van der Waals surface area contributed by atoms with Crippen molar-refractivity contribution in [3.05, 3.63) is 115 Å². The fourth-order valence-corrected chi connectivity index (χ4v) is 3.65. The first-order chi connectivity index (χ1) is 16.7. The predicted octanol–water partition coefficient (Wildman–Crippen LogP) is 7.84. The second-order valence-corrected chi connectivity index (χ2v) is 8.87. The Kier molecular flexibility index (Phi) is 13.6. The third-order valence-corrected chi connectivity index (χ3v) is 5.81. The number of halogens is 1. The second-order valence-electron chi connectivity index (χ2n) is 7.61. The molecular weight excluding hydrogens is 457 g/mol. The Bertz CT molecular complexity index is 1100. The van der Waals surface area contributed by atoms with Gasteiger partial charge in [-0.2, -0.15) is 0 Å². The zero-order valence-corrected chi connectivity index (χ0v) is 21.6. The number of allylic oxidation sites excluding steroid dienone is 5. The third-order valence-electron chi connectivity index (χ3n) is 4.63. The fraction of sp³-hybridized carbons (Fsp3) is 0.207. The van der Waals surface area contributed by atoms with Crippen molar-refractivity contribution in [1.82, 2.24) is 10.3 Å². The van der Waals surface area contributed by atoms with Crippen LogP contribution in [0, 0.1) is 0 Å². The molecular formula is C29H34FN3OS. The van der Waals surface area contributed by atoms with E-state index in [2.05, 4.69) is 53.7 Å². The Labute approximate surface area is 213 Å². The van der Waals surface area contributed by atoms with Crippen molar-refractivity contribution >= 4 is 29.0 Å². The van der Waals surface area contributed by atoms with E-state index in [-0.39, 0.29) is 17.4 Å². The Morgan fingerprint density at radius 2 is 1.86 bits per heavy atom. The molecule has 1 aromatic carbocycles.